The minimum atomic E-state index is 0.393. The SMILES string of the molecule is CC(C)(C)CNCCNCC(C)(C)C. The Bertz CT molecular complexity index is 121. The van der Waals surface area contributed by atoms with Crippen LogP contribution in [-0.4, -0.2) is 26.2 Å². The lowest BCUT2D eigenvalue weighted by atomic mass is 9.97. The van der Waals surface area contributed by atoms with Crippen molar-refractivity contribution in [2.45, 2.75) is 41.5 Å². The van der Waals surface area contributed by atoms with Gasteiger partial charge in [0.15, 0.2) is 0 Å². The summed E-state index contributed by atoms with van der Waals surface area (Å²) in [6, 6.07) is 0. The standard InChI is InChI=1S/C12H28N2/c1-11(2,3)9-13-7-8-14-10-12(4,5)6/h13-14H,7-10H2,1-6H3. The van der Waals surface area contributed by atoms with Crippen molar-refractivity contribution in [2.24, 2.45) is 10.8 Å². The minimum absolute atomic E-state index is 0.393. The average Bonchev–Trinajstić information content (AvgIpc) is 1.92. The Hall–Kier alpha value is -0.0800. The van der Waals surface area contributed by atoms with Crippen LogP contribution >= 0.6 is 0 Å². The van der Waals surface area contributed by atoms with Crippen molar-refractivity contribution in [3.05, 3.63) is 0 Å². The van der Waals surface area contributed by atoms with Crippen LogP contribution in [0.3, 0.4) is 0 Å². The maximum absolute atomic E-state index is 3.45. The summed E-state index contributed by atoms with van der Waals surface area (Å²) in [5, 5.41) is 6.90. The van der Waals surface area contributed by atoms with Crippen LogP contribution in [-0.2, 0) is 0 Å². The average molecular weight is 200 g/mol. The molecule has 0 bridgehead atoms. The summed E-state index contributed by atoms with van der Waals surface area (Å²) < 4.78 is 0. The molecule has 0 aliphatic carbocycles. The van der Waals surface area contributed by atoms with Gasteiger partial charge in [0.2, 0.25) is 0 Å². The Labute approximate surface area is 89.9 Å². The molecule has 2 N–H and O–H groups in total. The molecule has 0 unspecified atom stereocenters. The zero-order valence-electron chi connectivity index (χ0n) is 10.8. The van der Waals surface area contributed by atoms with Crippen molar-refractivity contribution in [3.63, 3.8) is 0 Å². The molecule has 0 aliphatic rings. The summed E-state index contributed by atoms with van der Waals surface area (Å²) in [4.78, 5) is 0. The van der Waals surface area contributed by atoms with Crippen molar-refractivity contribution >= 4 is 0 Å². The van der Waals surface area contributed by atoms with Crippen LogP contribution in [0.2, 0.25) is 0 Å². The van der Waals surface area contributed by atoms with Crippen LogP contribution < -0.4 is 10.6 Å². The van der Waals surface area contributed by atoms with Crippen LogP contribution in [0.25, 0.3) is 0 Å². The molecule has 0 rings (SSSR count). The zero-order chi connectivity index (χ0) is 11.2. The van der Waals surface area contributed by atoms with Gasteiger partial charge in [-0.15, -0.1) is 0 Å². The summed E-state index contributed by atoms with van der Waals surface area (Å²) in [6.07, 6.45) is 0. The molecular weight excluding hydrogens is 172 g/mol. The Balaban J connectivity index is 3.23. The molecule has 0 amide bonds. The summed E-state index contributed by atoms with van der Waals surface area (Å²) in [6.45, 7) is 17.8. The lowest BCUT2D eigenvalue weighted by Crippen LogP contribution is -2.35. The van der Waals surface area contributed by atoms with E-state index in [-0.39, 0.29) is 0 Å². The molecule has 0 heterocycles. The smallest absolute Gasteiger partial charge is 0.00769 e. The third kappa shape index (κ3) is 11.9. The van der Waals surface area contributed by atoms with Crippen LogP contribution in [0, 0.1) is 10.8 Å². The minimum Gasteiger partial charge on any atom is -0.315 e. The van der Waals surface area contributed by atoms with Crippen LogP contribution in [0.15, 0.2) is 0 Å². The first-order valence-corrected chi connectivity index (χ1v) is 5.62. The zero-order valence-corrected chi connectivity index (χ0v) is 10.8. The third-order valence-electron chi connectivity index (χ3n) is 1.79. The third-order valence-corrected chi connectivity index (χ3v) is 1.79. The molecule has 14 heavy (non-hydrogen) atoms. The quantitative estimate of drug-likeness (QED) is 0.665. The molecule has 0 aromatic heterocycles. The van der Waals surface area contributed by atoms with Crippen molar-refractivity contribution in [3.8, 4) is 0 Å². The second-order valence-corrected chi connectivity index (χ2v) is 6.47. The fourth-order valence-corrected chi connectivity index (χ4v) is 1.10. The molecule has 0 saturated heterocycles. The van der Waals surface area contributed by atoms with Crippen molar-refractivity contribution in [1.29, 1.82) is 0 Å². The van der Waals surface area contributed by atoms with E-state index in [0.29, 0.717) is 10.8 Å². The van der Waals surface area contributed by atoms with Gasteiger partial charge in [0.05, 0.1) is 0 Å². The lowest BCUT2D eigenvalue weighted by molar-refractivity contribution is 0.360. The van der Waals surface area contributed by atoms with Gasteiger partial charge in [-0.05, 0) is 10.8 Å². The van der Waals surface area contributed by atoms with Gasteiger partial charge in [0.1, 0.15) is 0 Å². The molecule has 2 nitrogen and oxygen atoms in total. The molecule has 0 aliphatic heterocycles. The predicted octanol–water partition coefficient (Wildman–Crippen LogP) is 2.26. The highest BCUT2D eigenvalue weighted by Crippen LogP contribution is 2.10. The second kappa shape index (κ2) is 5.72. The first kappa shape index (κ1) is 13.9. The summed E-state index contributed by atoms with van der Waals surface area (Å²) >= 11 is 0. The Kier molecular flexibility index (Phi) is 5.68. The van der Waals surface area contributed by atoms with Gasteiger partial charge < -0.3 is 10.6 Å². The number of hydrogen-bond donors (Lipinski definition) is 2. The normalized spacial score (nSPS) is 13.3. The van der Waals surface area contributed by atoms with E-state index >= 15 is 0 Å². The maximum Gasteiger partial charge on any atom is 0.00769 e. The van der Waals surface area contributed by atoms with Crippen LogP contribution in [0.1, 0.15) is 41.5 Å². The van der Waals surface area contributed by atoms with Crippen molar-refractivity contribution in [1.82, 2.24) is 10.6 Å². The van der Waals surface area contributed by atoms with Gasteiger partial charge in [-0.2, -0.15) is 0 Å². The van der Waals surface area contributed by atoms with E-state index in [0.717, 1.165) is 26.2 Å². The van der Waals surface area contributed by atoms with Gasteiger partial charge in [-0.3, -0.25) is 0 Å². The van der Waals surface area contributed by atoms with Crippen LogP contribution in [0.5, 0.6) is 0 Å². The molecule has 2 heteroatoms. The van der Waals surface area contributed by atoms with Crippen molar-refractivity contribution in [2.75, 3.05) is 26.2 Å². The molecule has 0 aromatic carbocycles. The van der Waals surface area contributed by atoms with E-state index in [1.807, 2.05) is 0 Å². The van der Waals surface area contributed by atoms with Gasteiger partial charge in [-0.25, -0.2) is 0 Å². The Morgan fingerprint density at radius 3 is 1.14 bits per heavy atom. The Morgan fingerprint density at radius 1 is 0.643 bits per heavy atom. The topological polar surface area (TPSA) is 24.1 Å². The number of nitrogens with one attached hydrogen (secondary N) is 2. The first-order chi connectivity index (χ1) is 6.21. The first-order valence-electron chi connectivity index (χ1n) is 5.62. The maximum atomic E-state index is 3.45. The highest BCUT2D eigenvalue weighted by atomic mass is 14.9. The summed E-state index contributed by atoms with van der Waals surface area (Å²) in [7, 11) is 0. The number of hydrogen-bond acceptors (Lipinski definition) is 2. The summed E-state index contributed by atoms with van der Waals surface area (Å²) in [5.74, 6) is 0. The highest BCUT2D eigenvalue weighted by Gasteiger charge is 2.09. The fraction of sp³-hybridized carbons (Fsp3) is 1.00. The predicted molar refractivity (Wildman–Crippen MR) is 64.6 cm³/mol. The molecule has 0 atom stereocenters. The monoisotopic (exact) mass is 200 g/mol. The molecule has 0 aromatic rings. The largest absolute Gasteiger partial charge is 0.315 e. The lowest BCUT2D eigenvalue weighted by Gasteiger charge is -2.21. The van der Waals surface area contributed by atoms with Crippen LogP contribution in [0.4, 0.5) is 0 Å². The molecule has 0 fully saturated rings. The van der Waals surface area contributed by atoms with Gasteiger partial charge in [0.25, 0.3) is 0 Å². The molecule has 0 radical (unpaired) electrons. The molecule has 86 valence electrons. The number of rotatable bonds is 5. The fourth-order valence-electron chi connectivity index (χ4n) is 1.10. The van der Waals surface area contributed by atoms with Gasteiger partial charge >= 0.3 is 0 Å². The van der Waals surface area contributed by atoms with E-state index in [4.69, 9.17) is 0 Å². The Morgan fingerprint density at radius 2 is 0.929 bits per heavy atom. The van der Waals surface area contributed by atoms with Gasteiger partial charge in [0, 0.05) is 26.2 Å². The molecule has 0 saturated carbocycles. The van der Waals surface area contributed by atoms with E-state index in [2.05, 4.69) is 52.2 Å². The molecule has 0 spiro atoms. The van der Waals surface area contributed by atoms with E-state index in [1.165, 1.54) is 0 Å². The van der Waals surface area contributed by atoms with E-state index in [1.54, 1.807) is 0 Å². The highest BCUT2D eigenvalue weighted by molar-refractivity contribution is 4.67. The second-order valence-electron chi connectivity index (χ2n) is 6.47. The van der Waals surface area contributed by atoms with Crippen molar-refractivity contribution < 1.29 is 0 Å². The van der Waals surface area contributed by atoms with Gasteiger partial charge in [-0.1, -0.05) is 41.5 Å². The van der Waals surface area contributed by atoms with E-state index in [9.17, 15) is 0 Å². The molecular formula is C12H28N2. The van der Waals surface area contributed by atoms with E-state index < -0.39 is 0 Å². The summed E-state index contributed by atoms with van der Waals surface area (Å²) in [5.41, 5.74) is 0.786.